The van der Waals surface area contributed by atoms with Crippen molar-refractivity contribution in [3.63, 3.8) is 0 Å². The number of hydrogen-bond donors (Lipinski definition) is 0. The van der Waals surface area contributed by atoms with Gasteiger partial charge in [0, 0.05) is 26.2 Å². The zero-order chi connectivity index (χ0) is 35.6. The molecule has 0 radical (unpaired) electrons. The molecule has 2 unspecified atom stereocenters. The number of nitrogens with zero attached hydrogens (tertiary/aromatic N) is 2. The number of carbonyl (C=O) groups excluding carboxylic acids is 2. The second-order valence-corrected chi connectivity index (χ2v) is 17.5. The van der Waals surface area contributed by atoms with Gasteiger partial charge in [-0.1, -0.05) is 159 Å². The Morgan fingerprint density at radius 2 is 0.830 bits per heavy atom. The summed E-state index contributed by atoms with van der Waals surface area (Å²) in [6.45, 7) is 26.2. The first-order valence-electron chi connectivity index (χ1n) is 20.3. The van der Waals surface area contributed by atoms with E-state index in [1.165, 1.54) is 103 Å². The molecule has 0 spiro atoms. The predicted molar refractivity (Wildman–Crippen MR) is 205 cm³/mol. The zero-order valence-electron chi connectivity index (χ0n) is 33.7. The van der Waals surface area contributed by atoms with Crippen molar-refractivity contribution in [1.82, 2.24) is 9.80 Å². The van der Waals surface area contributed by atoms with Gasteiger partial charge in [-0.3, -0.25) is 9.59 Å². The molecule has 0 N–H and O–H groups in total. The van der Waals surface area contributed by atoms with E-state index in [4.69, 9.17) is 4.74 Å². The summed E-state index contributed by atoms with van der Waals surface area (Å²) in [4.78, 5) is 30.8. The molecule has 2 atom stereocenters. The smallest absolute Gasteiger partial charge is 0.248 e. The number of carbonyl (C=O) groups is 2. The van der Waals surface area contributed by atoms with Crippen LogP contribution in [0.5, 0.6) is 0 Å². The molecular formula is C42H84N2O3. The summed E-state index contributed by atoms with van der Waals surface area (Å²) in [5.74, 6) is 1.29. The summed E-state index contributed by atoms with van der Waals surface area (Å²) in [6.07, 6.45) is 24.0. The molecule has 280 valence electrons. The highest BCUT2D eigenvalue weighted by Crippen LogP contribution is 2.25. The first-order chi connectivity index (χ1) is 22.2. The Bertz CT molecular complexity index is 692. The van der Waals surface area contributed by atoms with Crippen molar-refractivity contribution in [3.8, 4) is 0 Å². The second-order valence-electron chi connectivity index (χ2n) is 17.5. The van der Waals surface area contributed by atoms with Gasteiger partial charge in [-0.2, -0.15) is 0 Å². The van der Waals surface area contributed by atoms with Crippen LogP contribution in [0.15, 0.2) is 0 Å². The monoisotopic (exact) mass is 665 g/mol. The van der Waals surface area contributed by atoms with Gasteiger partial charge < -0.3 is 14.5 Å². The average molecular weight is 665 g/mol. The molecule has 0 aromatic carbocycles. The van der Waals surface area contributed by atoms with Crippen LogP contribution < -0.4 is 0 Å². The highest BCUT2D eigenvalue weighted by Gasteiger charge is 2.19. The van der Waals surface area contributed by atoms with Gasteiger partial charge in [0.1, 0.15) is 13.2 Å². The zero-order valence-corrected chi connectivity index (χ0v) is 33.7. The largest absolute Gasteiger partial charge is 0.362 e. The third kappa shape index (κ3) is 29.5. The average Bonchev–Trinajstić information content (AvgIpc) is 2.98. The molecule has 5 nitrogen and oxygen atoms in total. The van der Waals surface area contributed by atoms with E-state index in [0.717, 1.165) is 51.9 Å². The number of amides is 2. The normalized spacial score (nSPS) is 13.5. The first-order valence-corrected chi connectivity index (χ1v) is 20.3. The molecule has 0 rings (SSSR count). The molecule has 0 bridgehead atoms. The lowest BCUT2D eigenvalue weighted by Crippen LogP contribution is -2.39. The van der Waals surface area contributed by atoms with Crippen molar-refractivity contribution in [2.45, 2.75) is 198 Å². The minimum atomic E-state index is 0.00798. The maximum Gasteiger partial charge on any atom is 0.248 e. The van der Waals surface area contributed by atoms with Crippen molar-refractivity contribution in [3.05, 3.63) is 0 Å². The maximum atomic E-state index is 13.4. The molecule has 47 heavy (non-hydrogen) atoms. The Morgan fingerprint density at radius 1 is 0.489 bits per heavy atom. The van der Waals surface area contributed by atoms with Crippen molar-refractivity contribution in [2.24, 2.45) is 22.7 Å². The molecule has 2 amide bonds. The maximum absolute atomic E-state index is 13.4. The third-order valence-electron chi connectivity index (χ3n) is 9.75. The van der Waals surface area contributed by atoms with E-state index in [-0.39, 0.29) is 25.0 Å². The molecular weight excluding hydrogens is 580 g/mol. The van der Waals surface area contributed by atoms with Crippen LogP contribution in [0, 0.1) is 22.7 Å². The second kappa shape index (κ2) is 27.7. The number of unbranched alkanes of at least 4 members (excludes halogenated alkanes) is 10. The molecule has 5 heteroatoms. The molecule has 0 fully saturated rings. The Morgan fingerprint density at radius 3 is 1.17 bits per heavy atom. The summed E-state index contributed by atoms with van der Waals surface area (Å²) >= 11 is 0. The Balaban J connectivity index is 5.01. The van der Waals surface area contributed by atoms with Crippen LogP contribution in [0.1, 0.15) is 198 Å². The van der Waals surface area contributed by atoms with Gasteiger partial charge in [0.15, 0.2) is 0 Å². The van der Waals surface area contributed by atoms with Crippen molar-refractivity contribution in [1.29, 1.82) is 0 Å². The van der Waals surface area contributed by atoms with Crippen molar-refractivity contribution in [2.75, 3.05) is 39.4 Å². The van der Waals surface area contributed by atoms with Gasteiger partial charge in [-0.25, -0.2) is 0 Å². The quantitative estimate of drug-likeness (QED) is 0.0718. The Kier molecular flexibility index (Phi) is 27.0. The van der Waals surface area contributed by atoms with E-state index in [9.17, 15) is 9.59 Å². The van der Waals surface area contributed by atoms with E-state index in [1.807, 2.05) is 9.80 Å². The van der Waals surface area contributed by atoms with Crippen molar-refractivity contribution >= 4 is 11.8 Å². The fraction of sp³-hybridized carbons (Fsp3) is 0.952. The van der Waals surface area contributed by atoms with Crippen LogP contribution in [0.2, 0.25) is 0 Å². The van der Waals surface area contributed by atoms with Crippen LogP contribution in [-0.4, -0.2) is 61.0 Å². The first kappa shape index (κ1) is 45.9. The number of ether oxygens (including phenoxy) is 1. The standard InChI is InChI=1S/C42H84N2O3/c1-11-13-15-17-19-21-31-43(33-27-37(3)25-23-29-41(5,6)7)39(45)35-47-36-40(46)44(32-22-20-18-16-14-12-2)34-28-38(4)26-24-30-42(8,9)10/h37-38H,11-36H2,1-10H3. The molecule has 0 aromatic rings. The lowest BCUT2D eigenvalue weighted by Gasteiger charge is -2.26. The van der Waals surface area contributed by atoms with Gasteiger partial charge in [-0.05, 0) is 61.2 Å². The minimum Gasteiger partial charge on any atom is -0.362 e. The topological polar surface area (TPSA) is 49.9 Å². The highest BCUT2D eigenvalue weighted by molar-refractivity contribution is 5.79. The van der Waals surface area contributed by atoms with Crippen LogP contribution >= 0.6 is 0 Å². The summed E-state index contributed by atoms with van der Waals surface area (Å²) in [7, 11) is 0. The Labute approximate surface area is 295 Å². The lowest BCUT2D eigenvalue weighted by molar-refractivity contribution is -0.142. The third-order valence-corrected chi connectivity index (χ3v) is 9.75. The fourth-order valence-electron chi connectivity index (χ4n) is 6.30. The number of hydrogen-bond acceptors (Lipinski definition) is 3. The van der Waals surface area contributed by atoms with Crippen LogP contribution in [0.3, 0.4) is 0 Å². The van der Waals surface area contributed by atoms with Gasteiger partial charge in [0.25, 0.3) is 0 Å². The Hall–Kier alpha value is -1.10. The molecule has 0 aromatic heterocycles. The van der Waals surface area contributed by atoms with Crippen LogP contribution in [-0.2, 0) is 14.3 Å². The molecule has 0 aliphatic heterocycles. The van der Waals surface area contributed by atoms with Gasteiger partial charge in [0.05, 0.1) is 0 Å². The van der Waals surface area contributed by atoms with Gasteiger partial charge in [0.2, 0.25) is 11.8 Å². The summed E-state index contributed by atoms with van der Waals surface area (Å²) in [5, 5.41) is 0. The summed E-state index contributed by atoms with van der Waals surface area (Å²) in [5.41, 5.74) is 0.756. The van der Waals surface area contributed by atoms with Crippen LogP contribution in [0.25, 0.3) is 0 Å². The molecule has 0 aliphatic rings. The molecule has 0 saturated carbocycles. The predicted octanol–water partition coefficient (Wildman–Crippen LogP) is 11.9. The van der Waals surface area contributed by atoms with E-state index in [2.05, 4.69) is 69.2 Å². The molecule has 0 aliphatic carbocycles. The minimum absolute atomic E-state index is 0.00798. The van der Waals surface area contributed by atoms with E-state index >= 15 is 0 Å². The van der Waals surface area contributed by atoms with Crippen molar-refractivity contribution < 1.29 is 14.3 Å². The summed E-state index contributed by atoms with van der Waals surface area (Å²) in [6, 6.07) is 0. The highest BCUT2D eigenvalue weighted by atomic mass is 16.5. The van der Waals surface area contributed by atoms with E-state index < -0.39 is 0 Å². The van der Waals surface area contributed by atoms with Gasteiger partial charge >= 0.3 is 0 Å². The summed E-state index contributed by atoms with van der Waals surface area (Å²) < 4.78 is 5.87. The molecule has 0 saturated heterocycles. The van der Waals surface area contributed by atoms with Crippen LogP contribution in [0.4, 0.5) is 0 Å². The van der Waals surface area contributed by atoms with E-state index in [0.29, 0.717) is 22.7 Å². The van der Waals surface area contributed by atoms with E-state index in [1.54, 1.807) is 0 Å². The SMILES string of the molecule is CCCCCCCCN(CCC(C)CCCC(C)(C)C)C(=O)COCC(=O)N(CCCCCCCC)CCC(C)CCCC(C)(C)C. The fourth-order valence-corrected chi connectivity index (χ4v) is 6.30. The van der Waals surface area contributed by atoms with Gasteiger partial charge in [-0.15, -0.1) is 0 Å². The molecule has 0 heterocycles. The number of rotatable bonds is 30. The lowest BCUT2D eigenvalue weighted by atomic mass is 9.87.